The first kappa shape index (κ1) is 27.0. The fourth-order valence-corrected chi connectivity index (χ4v) is 6.45. The average molecular weight is 553 g/mol. The van der Waals surface area contributed by atoms with Crippen LogP contribution < -0.4 is 10.2 Å². The van der Waals surface area contributed by atoms with Crippen molar-refractivity contribution < 1.29 is 19.1 Å². The number of hydrogen-bond donors (Lipinski definition) is 1. The molecule has 1 N–H and O–H groups in total. The number of hydrogen-bond acceptors (Lipinski definition) is 5. The molecule has 0 aromatic heterocycles. The SMILES string of the molecule is Cc1ccc(C2(c3ccc(C)cc3)NC(=O)N(CCCN3CCC4(CC3)OC(=O)N(C)c3ccccc34)C2=O)cc1. The van der Waals surface area contributed by atoms with Gasteiger partial charge in [-0.15, -0.1) is 0 Å². The molecule has 1 spiro atoms. The van der Waals surface area contributed by atoms with E-state index in [1.165, 1.54) is 4.90 Å². The number of para-hydroxylation sites is 1. The van der Waals surface area contributed by atoms with Gasteiger partial charge in [0.15, 0.2) is 5.54 Å². The molecule has 0 atom stereocenters. The van der Waals surface area contributed by atoms with E-state index in [9.17, 15) is 14.4 Å². The van der Waals surface area contributed by atoms with Crippen LogP contribution in [0.4, 0.5) is 15.3 Å². The van der Waals surface area contributed by atoms with Gasteiger partial charge in [0, 0.05) is 45.1 Å². The zero-order valence-corrected chi connectivity index (χ0v) is 23.9. The number of rotatable bonds is 6. The molecule has 3 heterocycles. The van der Waals surface area contributed by atoms with E-state index in [1.807, 2.05) is 80.6 Å². The lowest BCUT2D eigenvalue weighted by atomic mass is 9.82. The highest BCUT2D eigenvalue weighted by Gasteiger charge is 2.53. The lowest BCUT2D eigenvalue weighted by Crippen LogP contribution is -2.51. The highest BCUT2D eigenvalue weighted by atomic mass is 16.6. The van der Waals surface area contributed by atoms with Gasteiger partial charge in [0.25, 0.3) is 5.91 Å². The second kappa shape index (κ2) is 10.3. The lowest BCUT2D eigenvalue weighted by molar-refractivity contribution is -0.130. The van der Waals surface area contributed by atoms with Crippen molar-refractivity contribution in [2.45, 2.75) is 44.2 Å². The summed E-state index contributed by atoms with van der Waals surface area (Å²) in [6, 6.07) is 23.2. The van der Waals surface area contributed by atoms with E-state index in [0.717, 1.165) is 53.1 Å². The first-order chi connectivity index (χ1) is 19.7. The molecule has 41 heavy (non-hydrogen) atoms. The van der Waals surface area contributed by atoms with Gasteiger partial charge >= 0.3 is 12.1 Å². The third-order valence-corrected chi connectivity index (χ3v) is 8.91. The molecule has 0 unspecified atom stereocenters. The maximum Gasteiger partial charge on any atom is 0.414 e. The molecule has 4 amide bonds. The Morgan fingerprint density at radius 3 is 2.00 bits per heavy atom. The van der Waals surface area contributed by atoms with Crippen LogP contribution in [0.1, 0.15) is 47.1 Å². The molecule has 0 bridgehead atoms. The fraction of sp³-hybridized carbons (Fsp3) is 0.364. The molecule has 2 saturated heterocycles. The monoisotopic (exact) mass is 552 g/mol. The second-order valence-electron chi connectivity index (χ2n) is 11.5. The van der Waals surface area contributed by atoms with Gasteiger partial charge in [-0.1, -0.05) is 77.9 Å². The van der Waals surface area contributed by atoms with Crippen molar-refractivity contribution in [2.75, 3.05) is 38.1 Å². The Labute approximate surface area is 240 Å². The van der Waals surface area contributed by atoms with Crippen molar-refractivity contribution in [1.29, 1.82) is 0 Å². The average Bonchev–Trinajstić information content (AvgIpc) is 3.23. The van der Waals surface area contributed by atoms with Crippen LogP contribution in [0.15, 0.2) is 72.8 Å². The molecule has 3 aliphatic heterocycles. The van der Waals surface area contributed by atoms with Crippen LogP contribution in [-0.2, 0) is 20.7 Å². The Morgan fingerprint density at radius 1 is 0.805 bits per heavy atom. The largest absolute Gasteiger partial charge is 0.437 e. The van der Waals surface area contributed by atoms with Crippen LogP contribution in [0.25, 0.3) is 0 Å². The maximum absolute atomic E-state index is 14.0. The predicted octanol–water partition coefficient (Wildman–Crippen LogP) is 5.07. The van der Waals surface area contributed by atoms with Gasteiger partial charge in [0.05, 0.1) is 5.69 Å². The molecule has 3 aromatic carbocycles. The summed E-state index contributed by atoms with van der Waals surface area (Å²) in [6.07, 6.45) is 1.75. The molecule has 8 heteroatoms. The second-order valence-corrected chi connectivity index (χ2v) is 11.5. The van der Waals surface area contributed by atoms with Crippen LogP contribution in [0.2, 0.25) is 0 Å². The number of fused-ring (bicyclic) bond motifs is 2. The maximum atomic E-state index is 14.0. The molecule has 0 saturated carbocycles. The van der Waals surface area contributed by atoms with Crippen molar-refractivity contribution in [1.82, 2.24) is 15.1 Å². The van der Waals surface area contributed by atoms with Gasteiger partial charge in [-0.3, -0.25) is 14.6 Å². The van der Waals surface area contributed by atoms with E-state index in [4.69, 9.17) is 4.74 Å². The normalized spacial score (nSPS) is 19.7. The van der Waals surface area contributed by atoms with E-state index >= 15 is 0 Å². The first-order valence-corrected chi connectivity index (χ1v) is 14.3. The number of nitrogens with zero attached hydrogens (tertiary/aromatic N) is 3. The highest BCUT2D eigenvalue weighted by molar-refractivity contribution is 6.09. The number of imide groups is 1. The summed E-state index contributed by atoms with van der Waals surface area (Å²) in [5, 5.41) is 3.05. The number of carbonyl (C=O) groups excluding carboxylic acids is 3. The summed E-state index contributed by atoms with van der Waals surface area (Å²) in [5.41, 5.74) is 3.78. The van der Waals surface area contributed by atoms with Crippen molar-refractivity contribution in [3.8, 4) is 0 Å². The van der Waals surface area contributed by atoms with Crippen LogP contribution in [0.3, 0.4) is 0 Å². The number of piperidine rings is 1. The number of aryl methyl sites for hydroxylation is 2. The van der Waals surface area contributed by atoms with Crippen molar-refractivity contribution in [2.24, 2.45) is 0 Å². The van der Waals surface area contributed by atoms with E-state index < -0.39 is 11.1 Å². The van der Waals surface area contributed by atoms with Crippen LogP contribution in [-0.4, -0.2) is 61.1 Å². The lowest BCUT2D eigenvalue weighted by Gasteiger charge is -2.46. The smallest absolute Gasteiger partial charge is 0.414 e. The summed E-state index contributed by atoms with van der Waals surface area (Å²) in [7, 11) is 1.74. The number of nitrogens with one attached hydrogen (secondary N) is 1. The quantitative estimate of drug-likeness (QED) is 0.432. The number of urea groups is 1. The van der Waals surface area contributed by atoms with Crippen molar-refractivity contribution in [3.05, 3.63) is 101 Å². The molecule has 8 nitrogen and oxygen atoms in total. The molecule has 3 aromatic rings. The van der Waals surface area contributed by atoms with Crippen molar-refractivity contribution in [3.63, 3.8) is 0 Å². The topological polar surface area (TPSA) is 82.2 Å². The minimum Gasteiger partial charge on any atom is -0.437 e. The third kappa shape index (κ3) is 4.56. The number of amides is 4. The van der Waals surface area contributed by atoms with Crippen LogP contribution >= 0.6 is 0 Å². The zero-order chi connectivity index (χ0) is 28.8. The number of benzene rings is 3. The van der Waals surface area contributed by atoms with Gasteiger partial charge in [-0.25, -0.2) is 9.59 Å². The van der Waals surface area contributed by atoms with Crippen LogP contribution in [0.5, 0.6) is 0 Å². The molecular weight excluding hydrogens is 516 g/mol. The van der Waals surface area contributed by atoms with Gasteiger partial charge in [0.1, 0.15) is 5.60 Å². The molecule has 212 valence electrons. The third-order valence-electron chi connectivity index (χ3n) is 8.91. The Kier molecular flexibility index (Phi) is 6.82. The number of carbonyl (C=O) groups is 3. The summed E-state index contributed by atoms with van der Waals surface area (Å²) in [4.78, 5) is 45.2. The minimum atomic E-state index is -1.25. The highest BCUT2D eigenvalue weighted by Crippen LogP contribution is 2.45. The molecule has 0 radical (unpaired) electrons. The van der Waals surface area contributed by atoms with Gasteiger partial charge in [0.2, 0.25) is 0 Å². The summed E-state index contributed by atoms with van der Waals surface area (Å²) in [6.45, 7) is 6.60. The predicted molar refractivity (Wildman–Crippen MR) is 157 cm³/mol. The zero-order valence-electron chi connectivity index (χ0n) is 23.9. The van der Waals surface area contributed by atoms with E-state index in [2.05, 4.69) is 16.3 Å². The molecule has 0 aliphatic carbocycles. The standard InChI is InChI=1S/C33H36N4O4/c1-23-9-13-25(14-10-23)33(26-15-11-24(2)12-16-26)29(38)37(30(39)34-33)20-6-19-36-21-17-32(18-22-36)27-7-4-5-8-28(27)35(3)31(40)41-32/h4-5,7-16H,6,17-22H2,1-3H3,(H,34,39). The minimum absolute atomic E-state index is 0.248. The van der Waals surface area contributed by atoms with Crippen LogP contribution in [0, 0.1) is 13.8 Å². The number of anilines is 1. The number of likely N-dealkylation sites (tertiary alicyclic amines) is 1. The van der Waals surface area contributed by atoms with Crippen molar-refractivity contribution >= 4 is 23.7 Å². The Morgan fingerprint density at radius 2 is 1.39 bits per heavy atom. The fourth-order valence-electron chi connectivity index (χ4n) is 6.45. The number of ether oxygens (including phenoxy) is 1. The molecule has 6 rings (SSSR count). The Balaban J connectivity index is 1.14. The molecular formula is C33H36N4O4. The van der Waals surface area contributed by atoms with Gasteiger partial charge < -0.3 is 15.0 Å². The molecule has 2 fully saturated rings. The van der Waals surface area contributed by atoms with Gasteiger partial charge in [-0.05, 0) is 44.0 Å². The van der Waals surface area contributed by atoms with E-state index in [0.29, 0.717) is 25.8 Å². The van der Waals surface area contributed by atoms with Gasteiger partial charge in [-0.2, -0.15) is 0 Å². The summed E-state index contributed by atoms with van der Waals surface area (Å²) in [5.74, 6) is -0.248. The van der Waals surface area contributed by atoms with E-state index in [1.54, 1.807) is 11.9 Å². The van der Waals surface area contributed by atoms with E-state index in [-0.39, 0.29) is 18.0 Å². The Bertz CT molecular complexity index is 1430. The first-order valence-electron chi connectivity index (χ1n) is 14.3. The Hall–Kier alpha value is -4.17. The summed E-state index contributed by atoms with van der Waals surface area (Å²) < 4.78 is 5.99. The molecule has 3 aliphatic rings. The summed E-state index contributed by atoms with van der Waals surface area (Å²) >= 11 is 0.